The summed E-state index contributed by atoms with van der Waals surface area (Å²) in [5.74, 6) is 0.239. The van der Waals surface area contributed by atoms with Crippen LogP contribution in [0, 0.1) is 12.8 Å². The van der Waals surface area contributed by atoms with Gasteiger partial charge in [0.15, 0.2) is 5.65 Å². The molecule has 3 aromatic rings. The fourth-order valence-corrected chi connectivity index (χ4v) is 4.99. The highest BCUT2D eigenvalue weighted by molar-refractivity contribution is 6.06. The molecule has 1 N–H and O–H groups in total. The summed E-state index contributed by atoms with van der Waals surface area (Å²) in [5, 5.41) is 8.53. The van der Waals surface area contributed by atoms with Gasteiger partial charge in [-0.2, -0.15) is 5.10 Å². The van der Waals surface area contributed by atoms with Crippen molar-refractivity contribution in [2.75, 3.05) is 13.1 Å². The molecule has 4 rings (SSSR count). The van der Waals surface area contributed by atoms with Crippen molar-refractivity contribution in [2.24, 2.45) is 5.92 Å². The molecule has 2 amide bonds. The lowest BCUT2D eigenvalue weighted by atomic mass is 9.98. The summed E-state index contributed by atoms with van der Waals surface area (Å²) >= 11 is 0. The predicted octanol–water partition coefficient (Wildman–Crippen LogP) is 5.14. The van der Waals surface area contributed by atoms with Crippen LogP contribution in [0.2, 0.25) is 0 Å². The first kappa shape index (κ1) is 24.9. The molecular formula is C28H37N5O2. The molecule has 2 aromatic heterocycles. The number of pyridine rings is 1. The van der Waals surface area contributed by atoms with Crippen molar-refractivity contribution in [1.29, 1.82) is 0 Å². The van der Waals surface area contributed by atoms with Gasteiger partial charge in [0, 0.05) is 36.7 Å². The van der Waals surface area contributed by atoms with Crippen molar-refractivity contribution < 1.29 is 9.59 Å². The van der Waals surface area contributed by atoms with E-state index in [4.69, 9.17) is 4.98 Å². The Morgan fingerprint density at radius 1 is 1.11 bits per heavy atom. The van der Waals surface area contributed by atoms with E-state index in [1.165, 1.54) is 0 Å². The largest absolute Gasteiger partial charge is 0.349 e. The standard InChI is InChI=1S/C28H37N5O2/c1-6-20(7-2)28(35)32-14-12-21(13-15-32)30-27(34)23-16-25(22-11-9-8-10-19(22)5)31-26-24(23)17-29-33(26)18(3)4/h8-11,16-18,20-21H,6-7,12-15H2,1-5H3,(H,30,34). The topological polar surface area (TPSA) is 80.1 Å². The second kappa shape index (κ2) is 10.6. The molecule has 35 heavy (non-hydrogen) atoms. The third-order valence-corrected chi connectivity index (χ3v) is 7.20. The van der Waals surface area contributed by atoms with E-state index in [-0.39, 0.29) is 29.8 Å². The number of carbonyl (C=O) groups excluding carboxylic acids is 2. The van der Waals surface area contributed by atoms with E-state index in [9.17, 15) is 9.59 Å². The lowest BCUT2D eigenvalue weighted by Gasteiger charge is -2.34. The number of nitrogens with one attached hydrogen (secondary N) is 1. The summed E-state index contributed by atoms with van der Waals surface area (Å²) in [6.45, 7) is 11.7. The molecule has 1 saturated heterocycles. The summed E-state index contributed by atoms with van der Waals surface area (Å²) in [6, 6.07) is 10.1. The van der Waals surface area contributed by atoms with Crippen molar-refractivity contribution in [3.63, 3.8) is 0 Å². The molecule has 1 aliphatic rings. The van der Waals surface area contributed by atoms with E-state index in [0.717, 1.165) is 53.5 Å². The van der Waals surface area contributed by atoms with Gasteiger partial charge in [-0.15, -0.1) is 0 Å². The smallest absolute Gasteiger partial charge is 0.252 e. The number of amides is 2. The SMILES string of the molecule is CCC(CC)C(=O)N1CCC(NC(=O)c2cc(-c3ccccc3C)nc3c2cnn3C(C)C)CC1. The molecule has 0 radical (unpaired) electrons. The molecule has 0 unspecified atom stereocenters. The molecule has 0 atom stereocenters. The van der Waals surface area contributed by atoms with E-state index in [2.05, 4.69) is 51.1 Å². The van der Waals surface area contributed by atoms with Crippen LogP contribution in [0.4, 0.5) is 0 Å². The number of aromatic nitrogens is 3. The highest BCUT2D eigenvalue weighted by Crippen LogP contribution is 2.28. The van der Waals surface area contributed by atoms with Crippen LogP contribution in [0.1, 0.15) is 75.3 Å². The minimum absolute atomic E-state index is 0.0403. The maximum absolute atomic E-state index is 13.5. The first-order valence-electron chi connectivity index (χ1n) is 12.9. The molecule has 1 aliphatic heterocycles. The fraction of sp³-hybridized carbons (Fsp3) is 0.500. The van der Waals surface area contributed by atoms with Crippen molar-refractivity contribution >= 4 is 22.8 Å². The number of aryl methyl sites for hydroxylation is 1. The minimum Gasteiger partial charge on any atom is -0.349 e. The fourth-order valence-electron chi connectivity index (χ4n) is 4.99. The first-order valence-corrected chi connectivity index (χ1v) is 12.9. The number of hydrogen-bond acceptors (Lipinski definition) is 4. The van der Waals surface area contributed by atoms with Crippen LogP contribution in [0.5, 0.6) is 0 Å². The van der Waals surface area contributed by atoms with Gasteiger partial charge in [0.05, 0.1) is 22.8 Å². The first-order chi connectivity index (χ1) is 16.8. The molecule has 1 aromatic carbocycles. The average molecular weight is 476 g/mol. The number of likely N-dealkylation sites (tertiary alicyclic amines) is 1. The Balaban J connectivity index is 1.58. The van der Waals surface area contributed by atoms with E-state index >= 15 is 0 Å². The molecule has 1 fully saturated rings. The van der Waals surface area contributed by atoms with Gasteiger partial charge < -0.3 is 10.2 Å². The van der Waals surface area contributed by atoms with Gasteiger partial charge in [-0.25, -0.2) is 9.67 Å². The third-order valence-electron chi connectivity index (χ3n) is 7.20. The Hall–Kier alpha value is -3.22. The Morgan fingerprint density at radius 3 is 2.43 bits per heavy atom. The van der Waals surface area contributed by atoms with Gasteiger partial charge in [0.25, 0.3) is 5.91 Å². The van der Waals surface area contributed by atoms with Crippen molar-refractivity contribution in [2.45, 2.75) is 72.4 Å². The van der Waals surface area contributed by atoms with Crippen molar-refractivity contribution in [3.05, 3.63) is 47.7 Å². The number of piperidine rings is 1. The van der Waals surface area contributed by atoms with E-state index in [1.54, 1.807) is 6.20 Å². The molecule has 0 saturated carbocycles. The normalized spacial score (nSPS) is 14.8. The zero-order valence-electron chi connectivity index (χ0n) is 21.5. The highest BCUT2D eigenvalue weighted by atomic mass is 16.2. The van der Waals surface area contributed by atoms with Gasteiger partial charge in [-0.1, -0.05) is 38.1 Å². The Morgan fingerprint density at radius 2 is 1.80 bits per heavy atom. The maximum Gasteiger partial charge on any atom is 0.252 e. The molecule has 0 spiro atoms. The average Bonchev–Trinajstić information content (AvgIpc) is 3.29. The molecule has 7 nitrogen and oxygen atoms in total. The monoisotopic (exact) mass is 475 g/mol. The molecule has 7 heteroatoms. The quantitative estimate of drug-likeness (QED) is 0.513. The summed E-state index contributed by atoms with van der Waals surface area (Å²) < 4.78 is 1.87. The molecule has 186 valence electrons. The number of fused-ring (bicyclic) bond motifs is 1. The van der Waals surface area contributed by atoms with Crippen molar-refractivity contribution in [1.82, 2.24) is 25.0 Å². The maximum atomic E-state index is 13.5. The summed E-state index contributed by atoms with van der Waals surface area (Å²) in [7, 11) is 0. The summed E-state index contributed by atoms with van der Waals surface area (Å²) in [4.78, 5) is 33.2. The summed E-state index contributed by atoms with van der Waals surface area (Å²) in [6.07, 6.45) is 5.02. The van der Waals surface area contributed by atoms with Crippen molar-refractivity contribution in [3.8, 4) is 11.3 Å². The highest BCUT2D eigenvalue weighted by Gasteiger charge is 2.28. The van der Waals surface area contributed by atoms with E-state index in [0.29, 0.717) is 18.7 Å². The lowest BCUT2D eigenvalue weighted by molar-refractivity contribution is -0.136. The molecule has 0 aliphatic carbocycles. The zero-order chi connectivity index (χ0) is 25.1. The summed E-state index contributed by atoms with van der Waals surface area (Å²) in [5.41, 5.74) is 4.20. The second-order valence-corrected chi connectivity index (χ2v) is 9.88. The zero-order valence-corrected chi connectivity index (χ0v) is 21.5. The van der Waals surface area contributed by atoms with Crippen LogP contribution in [-0.4, -0.2) is 50.6 Å². The van der Waals surface area contributed by atoms with Gasteiger partial charge in [-0.05, 0) is 58.1 Å². The van der Waals surface area contributed by atoms with Crippen LogP contribution in [0.3, 0.4) is 0 Å². The minimum atomic E-state index is -0.111. The Kier molecular flexibility index (Phi) is 7.53. The number of carbonyl (C=O) groups is 2. The van der Waals surface area contributed by atoms with Crippen LogP contribution in [0.15, 0.2) is 36.5 Å². The van der Waals surface area contributed by atoms with Crippen LogP contribution < -0.4 is 5.32 Å². The van der Waals surface area contributed by atoms with Gasteiger partial charge in [-0.3, -0.25) is 9.59 Å². The predicted molar refractivity (Wildman–Crippen MR) is 139 cm³/mol. The number of rotatable bonds is 7. The van der Waals surface area contributed by atoms with E-state index < -0.39 is 0 Å². The third kappa shape index (κ3) is 5.09. The van der Waals surface area contributed by atoms with Gasteiger partial charge in [0.2, 0.25) is 5.91 Å². The Bertz CT molecular complexity index is 1200. The number of benzene rings is 1. The Labute approximate surface area is 207 Å². The number of hydrogen-bond donors (Lipinski definition) is 1. The second-order valence-electron chi connectivity index (χ2n) is 9.88. The van der Waals surface area contributed by atoms with Gasteiger partial charge >= 0.3 is 0 Å². The van der Waals surface area contributed by atoms with Crippen LogP contribution >= 0.6 is 0 Å². The molecular weight excluding hydrogens is 438 g/mol. The molecule has 0 bridgehead atoms. The number of nitrogens with zero attached hydrogens (tertiary/aromatic N) is 4. The van der Waals surface area contributed by atoms with Crippen LogP contribution in [-0.2, 0) is 4.79 Å². The van der Waals surface area contributed by atoms with Gasteiger partial charge in [0.1, 0.15) is 0 Å². The molecule has 3 heterocycles. The van der Waals surface area contributed by atoms with E-state index in [1.807, 2.05) is 33.8 Å². The lowest BCUT2D eigenvalue weighted by Crippen LogP contribution is -2.48. The van der Waals surface area contributed by atoms with Crippen LogP contribution in [0.25, 0.3) is 22.3 Å².